The molecule has 5 aromatic rings. The topological polar surface area (TPSA) is 51.5 Å². The largest absolute Gasteiger partial charge is 0.497 e. The van der Waals surface area contributed by atoms with Crippen LogP contribution in [-0.2, 0) is 13.1 Å². The Balaban J connectivity index is 1.45. The third-order valence-electron chi connectivity index (χ3n) is 5.45. The Morgan fingerprint density at radius 1 is 0.935 bits per heavy atom. The summed E-state index contributed by atoms with van der Waals surface area (Å²) in [6.45, 7) is 3.49. The zero-order chi connectivity index (χ0) is 21.2. The normalized spacial score (nSPS) is 11.3. The molecule has 0 atom stereocenters. The average Bonchev–Trinajstić information content (AvgIpc) is 3.21. The summed E-state index contributed by atoms with van der Waals surface area (Å²) in [5.74, 6) is 0.840. The van der Waals surface area contributed by atoms with Gasteiger partial charge in [0.15, 0.2) is 0 Å². The summed E-state index contributed by atoms with van der Waals surface area (Å²) in [6.07, 6.45) is 4.08. The van der Waals surface area contributed by atoms with Gasteiger partial charge in [0.1, 0.15) is 11.4 Å². The van der Waals surface area contributed by atoms with E-state index in [0.717, 1.165) is 44.8 Å². The summed E-state index contributed by atoms with van der Waals surface area (Å²) >= 11 is 0. The molecule has 0 aliphatic heterocycles. The van der Waals surface area contributed by atoms with Crippen molar-refractivity contribution in [3.63, 3.8) is 0 Å². The highest BCUT2D eigenvalue weighted by Crippen LogP contribution is 2.28. The second-order valence-corrected chi connectivity index (χ2v) is 7.72. The van der Waals surface area contributed by atoms with E-state index in [0.29, 0.717) is 13.1 Å². The van der Waals surface area contributed by atoms with Crippen LogP contribution in [0.3, 0.4) is 0 Å². The maximum Gasteiger partial charge on any atom is 0.137 e. The van der Waals surface area contributed by atoms with Crippen LogP contribution < -0.4 is 10.1 Å². The lowest BCUT2D eigenvalue weighted by Crippen LogP contribution is -2.14. The fourth-order valence-corrected chi connectivity index (χ4v) is 3.85. The predicted octanol–water partition coefficient (Wildman–Crippen LogP) is 5.16. The molecule has 0 fully saturated rings. The first kappa shape index (κ1) is 19.3. The molecule has 0 radical (unpaired) electrons. The molecule has 0 saturated carbocycles. The van der Waals surface area contributed by atoms with Crippen molar-refractivity contribution in [3.05, 3.63) is 95.9 Å². The standard InChI is InChI=1S/C26H24N4O/c1-18-6-7-20-14-21(15-27-16-22-17-30-12-4-3-5-25(30)28-22)26(29-24(20)13-18)19-8-10-23(31-2)11-9-19/h3-14,17,27H,15-16H2,1-2H3. The van der Waals surface area contributed by atoms with Crippen molar-refractivity contribution >= 4 is 16.6 Å². The number of nitrogens with zero attached hydrogens (tertiary/aromatic N) is 3. The molecular formula is C26H24N4O. The summed E-state index contributed by atoms with van der Waals surface area (Å²) in [5, 5.41) is 4.69. The fourth-order valence-electron chi connectivity index (χ4n) is 3.85. The van der Waals surface area contributed by atoms with E-state index in [1.165, 1.54) is 5.56 Å². The van der Waals surface area contributed by atoms with Crippen LogP contribution in [0.4, 0.5) is 0 Å². The van der Waals surface area contributed by atoms with E-state index in [1.54, 1.807) is 7.11 Å². The number of aryl methyl sites for hydroxylation is 1. The average molecular weight is 409 g/mol. The lowest BCUT2D eigenvalue weighted by atomic mass is 10.0. The minimum atomic E-state index is 0.690. The van der Waals surface area contributed by atoms with Crippen LogP contribution in [0.2, 0.25) is 0 Å². The van der Waals surface area contributed by atoms with Crippen molar-refractivity contribution in [1.82, 2.24) is 19.7 Å². The van der Waals surface area contributed by atoms with Crippen LogP contribution in [-0.4, -0.2) is 21.5 Å². The van der Waals surface area contributed by atoms with Gasteiger partial charge in [-0.15, -0.1) is 0 Å². The van der Waals surface area contributed by atoms with Crippen LogP contribution >= 0.6 is 0 Å². The number of hydrogen-bond donors (Lipinski definition) is 1. The Kier molecular flexibility index (Phi) is 5.10. The van der Waals surface area contributed by atoms with Gasteiger partial charge < -0.3 is 14.5 Å². The number of pyridine rings is 2. The van der Waals surface area contributed by atoms with E-state index in [4.69, 9.17) is 9.72 Å². The van der Waals surface area contributed by atoms with Gasteiger partial charge in [0, 0.05) is 36.4 Å². The lowest BCUT2D eigenvalue weighted by Gasteiger charge is -2.13. The van der Waals surface area contributed by atoms with Gasteiger partial charge in [-0.2, -0.15) is 0 Å². The lowest BCUT2D eigenvalue weighted by molar-refractivity contribution is 0.415. The number of rotatable bonds is 6. The van der Waals surface area contributed by atoms with E-state index >= 15 is 0 Å². The number of nitrogens with one attached hydrogen (secondary N) is 1. The summed E-state index contributed by atoms with van der Waals surface area (Å²) in [5.41, 5.74) is 7.41. The monoisotopic (exact) mass is 408 g/mol. The van der Waals surface area contributed by atoms with Crippen molar-refractivity contribution in [2.24, 2.45) is 0 Å². The highest BCUT2D eigenvalue weighted by molar-refractivity contribution is 5.84. The highest BCUT2D eigenvalue weighted by Gasteiger charge is 2.11. The van der Waals surface area contributed by atoms with Crippen molar-refractivity contribution in [1.29, 1.82) is 0 Å². The van der Waals surface area contributed by atoms with Crippen molar-refractivity contribution < 1.29 is 4.74 Å². The maximum atomic E-state index is 5.32. The van der Waals surface area contributed by atoms with Crippen molar-refractivity contribution in [2.75, 3.05) is 7.11 Å². The highest BCUT2D eigenvalue weighted by atomic mass is 16.5. The van der Waals surface area contributed by atoms with Gasteiger partial charge in [-0.05, 0) is 66.6 Å². The zero-order valence-corrected chi connectivity index (χ0v) is 17.7. The van der Waals surface area contributed by atoms with Crippen molar-refractivity contribution in [3.8, 4) is 17.0 Å². The Morgan fingerprint density at radius 2 is 1.81 bits per heavy atom. The van der Waals surface area contributed by atoms with Gasteiger partial charge in [0.25, 0.3) is 0 Å². The maximum absolute atomic E-state index is 5.32. The minimum Gasteiger partial charge on any atom is -0.497 e. The minimum absolute atomic E-state index is 0.690. The molecule has 2 aromatic carbocycles. The van der Waals surface area contributed by atoms with Crippen LogP contribution in [0.1, 0.15) is 16.8 Å². The molecule has 5 rings (SSSR count). The molecule has 3 aromatic heterocycles. The molecule has 0 spiro atoms. The van der Waals surface area contributed by atoms with Gasteiger partial charge in [-0.1, -0.05) is 18.2 Å². The van der Waals surface area contributed by atoms with Gasteiger partial charge in [-0.25, -0.2) is 9.97 Å². The van der Waals surface area contributed by atoms with Gasteiger partial charge in [0.05, 0.1) is 24.0 Å². The third-order valence-corrected chi connectivity index (χ3v) is 5.45. The Hall–Kier alpha value is -3.70. The first-order chi connectivity index (χ1) is 15.2. The van der Waals surface area contributed by atoms with E-state index in [-0.39, 0.29) is 0 Å². The smallest absolute Gasteiger partial charge is 0.137 e. The molecule has 154 valence electrons. The molecule has 31 heavy (non-hydrogen) atoms. The van der Waals surface area contributed by atoms with E-state index < -0.39 is 0 Å². The molecule has 0 aliphatic carbocycles. The quantitative estimate of drug-likeness (QED) is 0.422. The molecule has 3 heterocycles. The number of aromatic nitrogens is 3. The van der Waals surface area contributed by atoms with E-state index in [9.17, 15) is 0 Å². The van der Waals surface area contributed by atoms with E-state index in [1.807, 2.05) is 40.9 Å². The number of methoxy groups -OCH3 is 1. The molecule has 5 nitrogen and oxygen atoms in total. The number of benzene rings is 2. The SMILES string of the molecule is COc1ccc(-c2nc3cc(C)ccc3cc2CNCc2cn3ccccc3n2)cc1. The zero-order valence-electron chi connectivity index (χ0n) is 17.7. The van der Waals surface area contributed by atoms with Crippen LogP contribution in [0.25, 0.3) is 27.8 Å². The second kappa shape index (κ2) is 8.20. The number of imidazole rings is 1. The predicted molar refractivity (Wildman–Crippen MR) is 124 cm³/mol. The summed E-state index contributed by atoms with van der Waals surface area (Å²) < 4.78 is 7.36. The molecular weight excluding hydrogens is 384 g/mol. The molecule has 1 N–H and O–H groups in total. The Labute approximate surface area is 181 Å². The molecule has 0 saturated heterocycles. The molecule has 0 bridgehead atoms. The van der Waals surface area contributed by atoms with Gasteiger partial charge in [-0.3, -0.25) is 0 Å². The molecule has 0 unspecified atom stereocenters. The number of fused-ring (bicyclic) bond motifs is 2. The van der Waals surface area contributed by atoms with Crippen LogP contribution in [0.15, 0.2) is 79.1 Å². The van der Waals surface area contributed by atoms with Crippen LogP contribution in [0.5, 0.6) is 5.75 Å². The molecule has 0 amide bonds. The third kappa shape index (κ3) is 4.00. The number of hydrogen-bond acceptors (Lipinski definition) is 4. The second-order valence-electron chi connectivity index (χ2n) is 7.72. The Bertz CT molecular complexity index is 1320. The first-order valence-electron chi connectivity index (χ1n) is 10.4. The van der Waals surface area contributed by atoms with Crippen molar-refractivity contribution in [2.45, 2.75) is 20.0 Å². The van der Waals surface area contributed by atoms with E-state index in [2.05, 4.69) is 59.8 Å². The molecule has 5 heteroatoms. The number of ether oxygens (including phenoxy) is 1. The van der Waals surface area contributed by atoms with Gasteiger partial charge in [0.2, 0.25) is 0 Å². The summed E-state index contributed by atoms with van der Waals surface area (Å²) in [7, 11) is 1.68. The first-order valence-corrected chi connectivity index (χ1v) is 10.4. The summed E-state index contributed by atoms with van der Waals surface area (Å²) in [6, 6.07) is 22.7. The summed E-state index contributed by atoms with van der Waals surface area (Å²) in [4.78, 5) is 9.70. The van der Waals surface area contributed by atoms with Crippen LogP contribution in [0, 0.1) is 6.92 Å². The fraction of sp³-hybridized carbons (Fsp3) is 0.154. The van der Waals surface area contributed by atoms with Gasteiger partial charge >= 0.3 is 0 Å². The Morgan fingerprint density at radius 3 is 2.61 bits per heavy atom. The molecule has 0 aliphatic rings.